The average molecular weight is 354 g/mol. The fourth-order valence-electron chi connectivity index (χ4n) is 2.04. The maximum Gasteiger partial charge on any atom is 0.339 e. The lowest BCUT2D eigenvalue weighted by Gasteiger charge is -2.12. The summed E-state index contributed by atoms with van der Waals surface area (Å²) < 4.78 is 53.6. The smallest absolute Gasteiger partial charge is 0.339 e. The van der Waals surface area contributed by atoms with E-state index in [2.05, 4.69) is 0 Å². The minimum atomic E-state index is -4.13. The van der Waals surface area contributed by atoms with Crippen LogP contribution in [0.5, 0.6) is 5.75 Å². The number of aryl methyl sites for hydroxylation is 3. The fourth-order valence-corrected chi connectivity index (χ4v) is 4.00. The summed E-state index contributed by atoms with van der Waals surface area (Å²) in [7, 11) is -7.64. The molecule has 2 aromatic carbocycles. The van der Waals surface area contributed by atoms with E-state index in [-0.39, 0.29) is 15.5 Å². The lowest BCUT2D eigenvalue weighted by Crippen LogP contribution is -2.13. The van der Waals surface area contributed by atoms with Gasteiger partial charge in [0.05, 0.1) is 4.90 Å². The van der Waals surface area contributed by atoms with Gasteiger partial charge in [-0.05, 0) is 55.7 Å². The lowest BCUT2D eigenvalue weighted by atomic mass is 10.1. The van der Waals surface area contributed by atoms with E-state index in [1.54, 1.807) is 26.0 Å². The topological polar surface area (TPSA) is 77.5 Å². The second-order valence-electron chi connectivity index (χ2n) is 5.51. The highest BCUT2D eigenvalue weighted by Gasteiger charge is 2.22. The Hall–Kier alpha value is -1.86. The second-order valence-corrected chi connectivity index (χ2v) is 9.04. The summed E-state index contributed by atoms with van der Waals surface area (Å²) in [6.07, 6.45) is 1.03. The zero-order valence-electron chi connectivity index (χ0n) is 13.3. The lowest BCUT2D eigenvalue weighted by molar-refractivity contribution is 0.483. The van der Waals surface area contributed by atoms with Crippen LogP contribution >= 0.6 is 0 Å². The van der Waals surface area contributed by atoms with E-state index in [0.717, 1.165) is 17.9 Å². The highest BCUT2D eigenvalue weighted by atomic mass is 32.2. The summed E-state index contributed by atoms with van der Waals surface area (Å²) in [6, 6.07) is 9.20. The molecule has 0 saturated heterocycles. The summed E-state index contributed by atoms with van der Waals surface area (Å²) in [5.41, 5.74) is 1.96. The van der Waals surface area contributed by atoms with Crippen LogP contribution in [0.4, 0.5) is 0 Å². The van der Waals surface area contributed by atoms with Crippen LogP contribution in [0.15, 0.2) is 46.2 Å². The molecule has 5 nitrogen and oxygen atoms in total. The quantitative estimate of drug-likeness (QED) is 0.789. The maximum atomic E-state index is 12.5. The van der Waals surface area contributed by atoms with Gasteiger partial charge in [0, 0.05) is 6.26 Å². The minimum absolute atomic E-state index is 0.0637. The maximum absolute atomic E-state index is 12.5. The molecule has 0 aliphatic carbocycles. The van der Waals surface area contributed by atoms with Crippen molar-refractivity contribution in [2.45, 2.75) is 30.6 Å². The predicted octanol–water partition coefficient (Wildman–Crippen LogP) is 2.78. The highest BCUT2D eigenvalue weighted by molar-refractivity contribution is 7.90. The van der Waals surface area contributed by atoms with Crippen molar-refractivity contribution in [3.63, 3.8) is 0 Å². The molecule has 0 radical (unpaired) electrons. The van der Waals surface area contributed by atoms with Gasteiger partial charge in [0.15, 0.2) is 9.84 Å². The normalized spacial score (nSPS) is 12.2. The van der Waals surface area contributed by atoms with Gasteiger partial charge in [0.1, 0.15) is 10.6 Å². The summed E-state index contributed by atoms with van der Waals surface area (Å²) >= 11 is 0. The Kier molecular flexibility index (Phi) is 4.54. The molecule has 0 aromatic heterocycles. The van der Waals surface area contributed by atoms with E-state index >= 15 is 0 Å². The van der Waals surface area contributed by atoms with Crippen LogP contribution < -0.4 is 4.18 Å². The third-order valence-corrected chi connectivity index (χ3v) is 5.89. The van der Waals surface area contributed by atoms with Gasteiger partial charge in [-0.1, -0.05) is 18.2 Å². The molecule has 0 aliphatic rings. The second kappa shape index (κ2) is 5.98. The summed E-state index contributed by atoms with van der Waals surface area (Å²) in [4.78, 5) is -0.215. The molecule has 2 aromatic rings. The average Bonchev–Trinajstić information content (AvgIpc) is 2.41. The van der Waals surface area contributed by atoms with E-state index in [1.165, 1.54) is 12.1 Å². The first kappa shape index (κ1) is 17.5. The Balaban J connectivity index is 2.54. The van der Waals surface area contributed by atoms with Gasteiger partial charge in [0.25, 0.3) is 0 Å². The fraction of sp³-hybridized carbons (Fsp3) is 0.250. The molecule has 0 bridgehead atoms. The van der Waals surface area contributed by atoms with Gasteiger partial charge in [0.2, 0.25) is 0 Å². The Bertz CT molecular complexity index is 958. The van der Waals surface area contributed by atoms with Crippen molar-refractivity contribution in [2.24, 2.45) is 0 Å². The van der Waals surface area contributed by atoms with Gasteiger partial charge in [-0.2, -0.15) is 8.42 Å². The first-order valence-electron chi connectivity index (χ1n) is 6.83. The summed E-state index contributed by atoms with van der Waals surface area (Å²) in [5.74, 6) is 0.231. The molecule has 0 atom stereocenters. The molecule has 0 amide bonds. The zero-order chi connectivity index (χ0) is 17.4. The van der Waals surface area contributed by atoms with Crippen LogP contribution in [0.3, 0.4) is 0 Å². The molecule has 23 heavy (non-hydrogen) atoms. The molecule has 0 unspecified atom stereocenters. The van der Waals surface area contributed by atoms with Crippen molar-refractivity contribution in [2.75, 3.05) is 6.26 Å². The van der Waals surface area contributed by atoms with E-state index in [0.29, 0.717) is 11.1 Å². The largest absolute Gasteiger partial charge is 0.379 e. The van der Waals surface area contributed by atoms with Gasteiger partial charge in [-0.3, -0.25) is 0 Å². The van der Waals surface area contributed by atoms with Crippen molar-refractivity contribution < 1.29 is 21.0 Å². The SMILES string of the molecule is Cc1ccc(C)c(OS(=O)(=O)c2cc(S(C)(=O)=O)ccc2C)c1. The van der Waals surface area contributed by atoms with Crippen LogP contribution in [0.25, 0.3) is 0 Å². The summed E-state index contributed by atoms with van der Waals surface area (Å²) in [5, 5.41) is 0. The Morgan fingerprint density at radius 1 is 0.826 bits per heavy atom. The van der Waals surface area contributed by atoms with Crippen LogP contribution in [-0.2, 0) is 20.0 Å². The molecule has 0 N–H and O–H groups in total. The number of benzene rings is 2. The standard InChI is InChI=1S/C16H18O5S2/c1-11-5-6-12(2)15(9-11)21-23(19,20)16-10-14(22(4,17)18)8-7-13(16)3/h5-10H,1-4H3. The van der Waals surface area contributed by atoms with Crippen LogP contribution in [0.2, 0.25) is 0 Å². The van der Waals surface area contributed by atoms with Crippen LogP contribution in [0, 0.1) is 20.8 Å². The molecule has 0 fully saturated rings. The Morgan fingerprint density at radius 3 is 2.04 bits per heavy atom. The van der Waals surface area contributed by atoms with Crippen molar-refractivity contribution in [3.05, 3.63) is 53.1 Å². The van der Waals surface area contributed by atoms with Gasteiger partial charge >= 0.3 is 10.1 Å². The first-order valence-corrected chi connectivity index (χ1v) is 10.1. The van der Waals surface area contributed by atoms with E-state index in [4.69, 9.17) is 4.18 Å². The molecule has 0 saturated carbocycles. The molecule has 7 heteroatoms. The van der Waals surface area contributed by atoms with Crippen LogP contribution in [0.1, 0.15) is 16.7 Å². The molecule has 124 valence electrons. The monoisotopic (exact) mass is 354 g/mol. The molecular formula is C16H18O5S2. The number of sulfone groups is 1. The number of hydrogen-bond donors (Lipinski definition) is 0. The van der Waals surface area contributed by atoms with E-state index in [9.17, 15) is 16.8 Å². The molecule has 2 rings (SSSR count). The van der Waals surface area contributed by atoms with Crippen molar-refractivity contribution in [1.29, 1.82) is 0 Å². The Morgan fingerprint density at radius 2 is 1.43 bits per heavy atom. The van der Waals surface area contributed by atoms with Gasteiger partial charge in [-0.15, -0.1) is 0 Å². The molecule has 0 spiro atoms. The predicted molar refractivity (Wildman–Crippen MR) is 88.0 cm³/mol. The number of hydrogen-bond acceptors (Lipinski definition) is 5. The van der Waals surface area contributed by atoms with Crippen molar-refractivity contribution in [1.82, 2.24) is 0 Å². The summed E-state index contributed by atoms with van der Waals surface area (Å²) in [6.45, 7) is 5.16. The molecule has 0 heterocycles. The third-order valence-electron chi connectivity index (χ3n) is 3.40. The van der Waals surface area contributed by atoms with Gasteiger partial charge in [-0.25, -0.2) is 8.42 Å². The van der Waals surface area contributed by atoms with Crippen molar-refractivity contribution >= 4 is 20.0 Å². The first-order chi connectivity index (χ1) is 10.5. The Labute approximate surface area is 137 Å². The minimum Gasteiger partial charge on any atom is -0.379 e. The van der Waals surface area contributed by atoms with E-state index < -0.39 is 20.0 Å². The van der Waals surface area contributed by atoms with Crippen LogP contribution in [-0.4, -0.2) is 23.1 Å². The van der Waals surface area contributed by atoms with E-state index in [1.807, 2.05) is 13.0 Å². The number of rotatable bonds is 4. The van der Waals surface area contributed by atoms with Gasteiger partial charge < -0.3 is 4.18 Å². The highest BCUT2D eigenvalue weighted by Crippen LogP contribution is 2.26. The molecule has 0 aliphatic heterocycles. The molecular weight excluding hydrogens is 336 g/mol. The van der Waals surface area contributed by atoms with Crippen molar-refractivity contribution in [3.8, 4) is 5.75 Å². The zero-order valence-corrected chi connectivity index (χ0v) is 15.0. The third kappa shape index (κ3) is 3.92.